The lowest BCUT2D eigenvalue weighted by Gasteiger charge is -2.14. The van der Waals surface area contributed by atoms with E-state index in [9.17, 15) is 14.4 Å². The number of nitrogens with one attached hydrogen (secondary N) is 1. The molecule has 6 nitrogen and oxygen atoms in total. The molecule has 1 heterocycles. The zero-order chi connectivity index (χ0) is 13.7. The minimum absolute atomic E-state index is 0.0465. The monoisotopic (exact) mass is 255 g/mol. The second-order valence-electron chi connectivity index (χ2n) is 4.55. The summed E-state index contributed by atoms with van der Waals surface area (Å²) in [6.07, 6.45) is 2.11. The third-order valence-electron chi connectivity index (χ3n) is 3.02. The highest BCUT2D eigenvalue weighted by molar-refractivity contribution is 5.94. The molecule has 0 spiro atoms. The zero-order valence-electron chi connectivity index (χ0n) is 10.6. The van der Waals surface area contributed by atoms with Crippen LogP contribution in [0.5, 0.6) is 0 Å². The molecule has 1 radical (unpaired) electrons. The molecule has 2 amide bonds. The first-order valence-electron chi connectivity index (χ1n) is 5.99. The molecule has 18 heavy (non-hydrogen) atoms. The van der Waals surface area contributed by atoms with Gasteiger partial charge in [0.1, 0.15) is 12.6 Å². The van der Waals surface area contributed by atoms with Gasteiger partial charge in [-0.3, -0.25) is 14.4 Å². The number of nitrogens with two attached hydrogens (primary N) is 1. The van der Waals surface area contributed by atoms with Crippen LogP contribution in [0.3, 0.4) is 0 Å². The predicted molar refractivity (Wildman–Crippen MR) is 64.2 cm³/mol. The molecule has 1 aliphatic heterocycles. The number of hydrogen-bond donors (Lipinski definition) is 2. The van der Waals surface area contributed by atoms with Gasteiger partial charge in [-0.2, -0.15) is 0 Å². The molecule has 101 valence electrons. The summed E-state index contributed by atoms with van der Waals surface area (Å²) in [6.45, 7) is 3.50. The van der Waals surface area contributed by atoms with Crippen LogP contribution in [-0.2, 0) is 19.1 Å². The summed E-state index contributed by atoms with van der Waals surface area (Å²) in [7, 11) is 0. The number of carbonyl (C=O) groups excluding carboxylic acids is 3. The summed E-state index contributed by atoms with van der Waals surface area (Å²) < 4.78 is 5.11. The van der Waals surface area contributed by atoms with Crippen molar-refractivity contribution in [3.8, 4) is 0 Å². The van der Waals surface area contributed by atoms with E-state index >= 15 is 0 Å². The Morgan fingerprint density at radius 1 is 1.61 bits per heavy atom. The van der Waals surface area contributed by atoms with Gasteiger partial charge in [0, 0.05) is 12.3 Å². The second-order valence-corrected chi connectivity index (χ2v) is 4.55. The molecule has 0 aromatic rings. The minimum Gasteiger partial charge on any atom is -0.369 e. The van der Waals surface area contributed by atoms with Gasteiger partial charge >= 0.3 is 0 Å². The maximum absolute atomic E-state index is 11.6. The van der Waals surface area contributed by atoms with Crippen molar-refractivity contribution < 1.29 is 19.1 Å². The van der Waals surface area contributed by atoms with Crippen LogP contribution >= 0.6 is 0 Å². The second kappa shape index (κ2) is 6.49. The molecule has 0 aromatic heterocycles. The number of rotatable bonds is 6. The summed E-state index contributed by atoms with van der Waals surface area (Å²) in [4.78, 5) is 33.7. The highest BCUT2D eigenvalue weighted by Gasteiger charge is 2.33. The molecule has 0 bridgehead atoms. The first-order chi connectivity index (χ1) is 8.41. The Morgan fingerprint density at radius 2 is 2.28 bits per heavy atom. The van der Waals surface area contributed by atoms with E-state index in [1.807, 2.05) is 0 Å². The van der Waals surface area contributed by atoms with Crippen LogP contribution in [0.2, 0.25) is 0 Å². The molecule has 0 aromatic carbocycles. The molecule has 0 aliphatic carbocycles. The maximum Gasteiger partial charge on any atom is 0.224 e. The van der Waals surface area contributed by atoms with E-state index in [1.165, 1.54) is 6.42 Å². The number of primary amides is 1. The number of ether oxygens (including phenoxy) is 1. The van der Waals surface area contributed by atoms with Crippen LogP contribution in [0.1, 0.15) is 26.7 Å². The number of amides is 2. The van der Waals surface area contributed by atoms with Gasteiger partial charge in [0.15, 0.2) is 5.78 Å². The molecular formula is C12H19N2O4. The lowest BCUT2D eigenvalue weighted by atomic mass is 10.0. The van der Waals surface area contributed by atoms with Crippen molar-refractivity contribution in [2.45, 2.75) is 38.8 Å². The van der Waals surface area contributed by atoms with Crippen LogP contribution in [0, 0.1) is 12.3 Å². The zero-order valence-corrected chi connectivity index (χ0v) is 10.6. The highest BCUT2D eigenvalue weighted by Crippen LogP contribution is 2.11. The topological polar surface area (TPSA) is 98.5 Å². The van der Waals surface area contributed by atoms with E-state index in [1.54, 1.807) is 13.8 Å². The Bertz CT molecular complexity index is 343. The third kappa shape index (κ3) is 4.10. The van der Waals surface area contributed by atoms with Crippen molar-refractivity contribution in [3.63, 3.8) is 0 Å². The first kappa shape index (κ1) is 14.6. The van der Waals surface area contributed by atoms with Gasteiger partial charge in [-0.1, -0.05) is 6.92 Å². The summed E-state index contributed by atoms with van der Waals surface area (Å²) in [5.41, 5.74) is 5.11. The van der Waals surface area contributed by atoms with Gasteiger partial charge in [-0.05, 0) is 19.8 Å². The number of ketones is 1. The van der Waals surface area contributed by atoms with Crippen molar-refractivity contribution in [1.82, 2.24) is 5.32 Å². The molecule has 1 rings (SSSR count). The third-order valence-corrected chi connectivity index (χ3v) is 3.02. The minimum atomic E-state index is -0.567. The molecule has 6 heteroatoms. The quantitative estimate of drug-likeness (QED) is 0.672. The largest absolute Gasteiger partial charge is 0.369 e. The lowest BCUT2D eigenvalue weighted by Crippen LogP contribution is -2.43. The molecule has 0 unspecified atom stereocenters. The van der Waals surface area contributed by atoms with Crippen LogP contribution in [0.15, 0.2) is 0 Å². The van der Waals surface area contributed by atoms with Crippen LogP contribution < -0.4 is 11.1 Å². The molecule has 3 N–H and O–H groups in total. The smallest absolute Gasteiger partial charge is 0.224 e. The lowest BCUT2D eigenvalue weighted by molar-refractivity contribution is -0.124. The summed E-state index contributed by atoms with van der Waals surface area (Å²) >= 11 is 0. The molecule has 1 fully saturated rings. The SMILES string of the molecule is C[C@@H]1OCC(=O)[C@H]1NC(=O)[CH]CC[C@H](C)C(N)=O. The van der Waals surface area contributed by atoms with Gasteiger partial charge in [-0.25, -0.2) is 0 Å². The first-order valence-corrected chi connectivity index (χ1v) is 5.99. The highest BCUT2D eigenvalue weighted by atomic mass is 16.5. The molecule has 0 saturated carbocycles. The van der Waals surface area contributed by atoms with Crippen molar-refractivity contribution >= 4 is 17.6 Å². The van der Waals surface area contributed by atoms with Crippen LogP contribution in [0.4, 0.5) is 0 Å². The fourth-order valence-electron chi connectivity index (χ4n) is 1.68. The standard InChI is InChI=1S/C12H19N2O4/c1-7(12(13)17)4-3-5-10(16)14-11-8(2)18-6-9(11)15/h5,7-8,11H,3-4,6H2,1-2H3,(H2,13,17)(H,14,16)/t7-,8-,11-/m0/s1. The number of hydrogen-bond acceptors (Lipinski definition) is 4. The van der Waals surface area contributed by atoms with Gasteiger partial charge in [-0.15, -0.1) is 0 Å². The average molecular weight is 255 g/mol. The summed E-state index contributed by atoms with van der Waals surface area (Å²) in [5.74, 6) is -1.07. The fraction of sp³-hybridized carbons (Fsp3) is 0.667. The van der Waals surface area contributed by atoms with E-state index < -0.39 is 6.04 Å². The number of Topliss-reactive ketones (excluding diaryl/α,β-unsaturated/α-hetero) is 1. The van der Waals surface area contributed by atoms with E-state index in [4.69, 9.17) is 10.5 Å². The molecule has 1 aliphatic rings. The number of carbonyl (C=O) groups is 3. The summed E-state index contributed by atoms with van der Waals surface area (Å²) in [5, 5.41) is 2.60. The molecular weight excluding hydrogens is 236 g/mol. The van der Waals surface area contributed by atoms with Crippen molar-refractivity contribution in [2.75, 3.05) is 6.61 Å². The van der Waals surface area contributed by atoms with Gasteiger partial charge < -0.3 is 15.8 Å². The van der Waals surface area contributed by atoms with E-state index in [0.717, 1.165) is 0 Å². The Balaban J connectivity index is 2.25. The van der Waals surface area contributed by atoms with Gasteiger partial charge in [0.25, 0.3) is 0 Å². The van der Waals surface area contributed by atoms with Crippen molar-refractivity contribution in [1.29, 1.82) is 0 Å². The van der Waals surface area contributed by atoms with E-state index in [0.29, 0.717) is 12.8 Å². The normalized spacial score (nSPS) is 24.9. The van der Waals surface area contributed by atoms with E-state index in [-0.39, 0.29) is 36.2 Å². The Kier molecular flexibility index (Phi) is 5.27. The van der Waals surface area contributed by atoms with Crippen LogP contribution in [0.25, 0.3) is 0 Å². The van der Waals surface area contributed by atoms with Crippen LogP contribution in [-0.4, -0.2) is 36.4 Å². The Hall–Kier alpha value is -1.43. The fourth-order valence-corrected chi connectivity index (χ4v) is 1.68. The Morgan fingerprint density at radius 3 is 2.78 bits per heavy atom. The van der Waals surface area contributed by atoms with Crippen molar-refractivity contribution in [3.05, 3.63) is 6.42 Å². The molecule has 3 atom stereocenters. The maximum atomic E-state index is 11.6. The van der Waals surface area contributed by atoms with E-state index in [2.05, 4.69) is 5.32 Å². The predicted octanol–water partition coefficient (Wildman–Crippen LogP) is -0.435. The average Bonchev–Trinajstić information content (AvgIpc) is 2.60. The van der Waals surface area contributed by atoms with Gasteiger partial charge in [0.05, 0.1) is 6.10 Å². The van der Waals surface area contributed by atoms with Gasteiger partial charge in [0.2, 0.25) is 11.8 Å². The molecule has 1 saturated heterocycles. The summed E-state index contributed by atoms with van der Waals surface area (Å²) in [6, 6.07) is -0.567. The van der Waals surface area contributed by atoms with Crippen molar-refractivity contribution in [2.24, 2.45) is 11.7 Å². The Labute approximate surface area is 106 Å².